The quantitative estimate of drug-likeness (QED) is 0.854. The molecule has 0 saturated carbocycles. The highest BCUT2D eigenvalue weighted by Crippen LogP contribution is 2.31. The molecule has 2 rings (SSSR count). The van der Waals surface area contributed by atoms with E-state index < -0.39 is 0 Å². The van der Waals surface area contributed by atoms with E-state index in [1.54, 1.807) is 7.11 Å². The predicted octanol–water partition coefficient (Wildman–Crippen LogP) is 2.31. The van der Waals surface area contributed by atoms with Gasteiger partial charge in [0, 0.05) is 23.6 Å². The SMILES string of the molecule is COc1ccccc1C(C)(C)CNC1CCNCC1. The number of para-hydroxylation sites is 1. The maximum atomic E-state index is 5.49. The number of methoxy groups -OCH3 is 1. The molecule has 106 valence electrons. The zero-order valence-corrected chi connectivity index (χ0v) is 12.3. The largest absolute Gasteiger partial charge is 0.496 e. The molecular formula is C16H26N2O. The summed E-state index contributed by atoms with van der Waals surface area (Å²) in [6.07, 6.45) is 2.45. The third-order valence-corrected chi connectivity index (χ3v) is 4.01. The number of rotatable bonds is 5. The minimum atomic E-state index is 0.0808. The zero-order valence-electron chi connectivity index (χ0n) is 12.3. The van der Waals surface area contributed by atoms with E-state index in [0.717, 1.165) is 25.4 Å². The van der Waals surface area contributed by atoms with Crippen molar-refractivity contribution in [2.24, 2.45) is 0 Å². The zero-order chi connectivity index (χ0) is 13.7. The lowest BCUT2D eigenvalue weighted by Crippen LogP contribution is -2.44. The number of hydrogen-bond acceptors (Lipinski definition) is 3. The molecule has 1 saturated heterocycles. The van der Waals surface area contributed by atoms with Gasteiger partial charge >= 0.3 is 0 Å². The fourth-order valence-electron chi connectivity index (χ4n) is 2.72. The Morgan fingerprint density at radius 2 is 1.95 bits per heavy atom. The van der Waals surface area contributed by atoms with Crippen LogP contribution in [-0.4, -0.2) is 32.8 Å². The molecule has 0 aliphatic carbocycles. The lowest BCUT2D eigenvalue weighted by atomic mass is 9.83. The molecule has 0 spiro atoms. The standard InChI is InChI=1S/C16H26N2O/c1-16(2,12-18-13-8-10-17-11-9-13)14-6-4-5-7-15(14)19-3/h4-7,13,17-18H,8-12H2,1-3H3. The van der Waals surface area contributed by atoms with Gasteiger partial charge in [-0.1, -0.05) is 32.0 Å². The topological polar surface area (TPSA) is 33.3 Å². The van der Waals surface area contributed by atoms with Crippen LogP contribution in [0, 0.1) is 0 Å². The molecule has 0 bridgehead atoms. The van der Waals surface area contributed by atoms with Crippen molar-refractivity contribution < 1.29 is 4.74 Å². The predicted molar refractivity (Wildman–Crippen MR) is 79.9 cm³/mol. The van der Waals surface area contributed by atoms with Gasteiger partial charge in [0.05, 0.1) is 7.11 Å². The molecule has 0 atom stereocenters. The van der Waals surface area contributed by atoms with Crippen LogP contribution in [0.15, 0.2) is 24.3 Å². The van der Waals surface area contributed by atoms with Gasteiger partial charge in [-0.3, -0.25) is 0 Å². The van der Waals surface area contributed by atoms with Crippen molar-refractivity contribution in [1.82, 2.24) is 10.6 Å². The highest BCUT2D eigenvalue weighted by atomic mass is 16.5. The molecule has 0 aromatic heterocycles. The van der Waals surface area contributed by atoms with Crippen molar-refractivity contribution in [1.29, 1.82) is 0 Å². The van der Waals surface area contributed by atoms with Gasteiger partial charge < -0.3 is 15.4 Å². The Morgan fingerprint density at radius 3 is 2.63 bits per heavy atom. The lowest BCUT2D eigenvalue weighted by Gasteiger charge is -2.31. The molecule has 1 aliphatic heterocycles. The molecule has 0 unspecified atom stereocenters. The van der Waals surface area contributed by atoms with Crippen molar-refractivity contribution in [2.75, 3.05) is 26.7 Å². The van der Waals surface area contributed by atoms with Crippen LogP contribution in [-0.2, 0) is 5.41 Å². The van der Waals surface area contributed by atoms with Crippen LogP contribution >= 0.6 is 0 Å². The average molecular weight is 262 g/mol. The van der Waals surface area contributed by atoms with Crippen LogP contribution in [0.2, 0.25) is 0 Å². The van der Waals surface area contributed by atoms with E-state index in [9.17, 15) is 0 Å². The first-order chi connectivity index (χ1) is 9.13. The summed E-state index contributed by atoms with van der Waals surface area (Å²) >= 11 is 0. The Hall–Kier alpha value is -1.06. The van der Waals surface area contributed by atoms with Crippen LogP contribution in [0.4, 0.5) is 0 Å². The summed E-state index contributed by atoms with van der Waals surface area (Å²) in [6.45, 7) is 7.80. The van der Waals surface area contributed by atoms with Crippen molar-refractivity contribution >= 4 is 0 Å². The van der Waals surface area contributed by atoms with Crippen LogP contribution in [0.1, 0.15) is 32.3 Å². The number of ether oxygens (including phenoxy) is 1. The Bertz CT molecular complexity index is 397. The molecule has 2 N–H and O–H groups in total. The van der Waals surface area contributed by atoms with Crippen LogP contribution in [0.25, 0.3) is 0 Å². The van der Waals surface area contributed by atoms with Gasteiger partial charge in [0.15, 0.2) is 0 Å². The number of benzene rings is 1. The Balaban J connectivity index is 2.00. The fraction of sp³-hybridized carbons (Fsp3) is 0.625. The number of nitrogens with one attached hydrogen (secondary N) is 2. The Kier molecular flexibility index (Phi) is 4.83. The van der Waals surface area contributed by atoms with Crippen molar-refractivity contribution in [3.63, 3.8) is 0 Å². The molecule has 3 heteroatoms. The van der Waals surface area contributed by atoms with Gasteiger partial charge in [-0.2, -0.15) is 0 Å². The maximum absolute atomic E-state index is 5.49. The third kappa shape index (κ3) is 3.71. The van der Waals surface area contributed by atoms with Gasteiger partial charge in [-0.15, -0.1) is 0 Å². The van der Waals surface area contributed by atoms with Crippen molar-refractivity contribution in [2.45, 2.75) is 38.1 Å². The van der Waals surface area contributed by atoms with Crippen molar-refractivity contribution in [3.8, 4) is 5.75 Å². The van der Waals surface area contributed by atoms with Gasteiger partial charge in [0.1, 0.15) is 5.75 Å². The minimum Gasteiger partial charge on any atom is -0.496 e. The Morgan fingerprint density at radius 1 is 1.26 bits per heavy atom. The maximum Gasteiger partial charge on any atom is 0.122 e. The summed E-state index contributed by atoms with van der Waals surface area (Å²) in [5.74, 6) is 0.986. The summed E-state index contributed by atoms with van der Waals surface area (Å²) < 4.78 is 5.49. The van der Waals surface area contributed by atoms with Gasteiger partial charge in [-0.05, 0) is 32.0 Å². The van der Waals surface area contributed by atoms with E-state index in [1.165, 1.54) is 18.4 Å². The molecule has 0 amide bonds. The summed E-state index contributed by atoms with van der Waals surface area (Å²) in [5.41, 5.74) is 1.36. The first kappa shape index (κ1) is 14.4. The number of hydrogen-bond donors (Lipinski definition) is 2. The van der Waals surface area contributed by atoms with E-state index in [-0.39, 0.29) is 5.41 Å². The fourth-order valence-corrected chi connectivity index (χ4v) is 2.72. The molecule has 1 fully saturated rings. The van der Waals surface area contributed by atoms with E-state index in [4.69, 9.17) is 4.74 Å². The first-order valence-corrected chi connectivity index (χ1v) is 7.21. The van der Waals surface area contributed by atoms with Gasteiger partial charge in [0.25, 0.3) is 0 Å². The highest BCUT2D eigenvalue weighted by Gasteiger charge is 2.25. The molecule has 1 aromatic carbocycles. The second kappa shape index (κ2) is 6.40. The third-order valence-electron chi connectivity index (χ3n) is 4.01. The van der Waals surface area contributed by atoms with Crippen LogP contribution < -0.4 is 15.4 Å². The summed E-state index contributed by atoms with van der Waals surface area (Å²) in [5, 5.41) is 7.12. The minimum absolute atomic E-state index is 0.0808. The molecule has 3 nitrogen and oxygen atoms in total. The van der Waals surface area contributed by atoms with Crippen LogP contribution in [0.3, 0.4) is 0 Å². The lowest BCUT2D eigenvalue weighted by molar-refractivity contribution is 0.341. The van der Waals surface area contributed by atoms with E-state index in [2.05, 4.69) is 36.6 Å². The van der Waals surface area contributed by atoms with E-state index in [0.29, 0.717) is 6.04 Å². The molecule has 1 aromatic rings. The monoisotopic (exact) mass is 262 g/mol. The molecule has 19 heavy (non-hydrogen) atoms. The molecular weight excluding hydrogens is 236 g/mol. The van der Waals surface area contributed by atoms with Crippen LogP contribution in [0.5, 0.6) is 5.75 Å². The van der Waals surface area contributed by atoms with Gasteiger partial charge in [-0.25, -0.2) is 0 Å². The molecule has 0 radical (unpaired) electrons. The Labute approximate surface area is 116 Å². The summed E-state index contributed by atoms with van der Waals surface area (Å²) in [7, 11) is 1.75. The number of piperidine rings is 1. The average Bonchev–Trinajstić information content (AvgIpc) is 2.46. The second-order valence-corrected chi connectivity index (χ2v) is 5.99. The smallest absolute Gasteiger partial charge is 0.122 e. The second-order valence-electron chi connectivity index (χ2n) is 5.99. The highest BCUT2D eigenvalue weighted by molar-refractivity contribution is 5.39. The normalized spacial score (nSPS) is 17.4. The molecule has 1 heterocycles. The van der Waals surface area contributed by atoms with E-state index in [1.807, 2.05) is 12.1 Å². The summed E-state index contributed by atoms with van der Waals surface area (Å²) in [6, 6.07) is 8.98. The van der Waals surface area contributed by atoms with E-state index >= 15 is 0 Å². The first-order valence-electron chi connectivity index (χ1n) is 7.21. The molecule has 1 aliphatic rings. The van der Waals surface area contributed by atoms with Crippen molar-refractivity contribution in [3.05, 3.63) is 29.8 Å². The summed E-state index contributed by atoms with van der Waals surface area (Å²) in [4.78, 5) is 0. The van der Waals surface area contributed by atoms with Gasteiger partial charge in [0.2, 0.25) is 0 Å².